The number of sulfonamides is 1. The van der Waals surface area contributed by atoms with Gasteiger partial charge in [-0.15, -0.1) is 0 Å². The number of carbonyl (C=O) groups is 1. The van der Waals surface area contributed by atoms with Crippen LogP contribution in [0.2, 0.25) is 0 Å². The Bertz CT molecular complexity index is 1290. The van der Waals surface area contributed by atoms with Gasteiger partial charge in [0.25, 0.3) is 15.9 Å². The van der Waals surface area contributed by atoms with E-state index in [9.17, 15) is 13.2 Å². The Morgan fingerprint density at radius 3 is 2.32 bits per heavy atom. The largest absolute Gasteiger partial charge is 0.476 e. The molecule has 1 N–H and O–H groups in total. The summed E-state index contributed by atoms with van der Waals surface area (Å²) in [4.78, 5) is 13.4. The SMILES string of the molecule is CCc1ccc([C@H](C)NC(=O)[C@@H]2CN(S(=O)(=O)c3ccc(C)cc3)c3ccc(C)cc3O2)cc1. The fourth-order valence-electron chi connectivity index (χ4n) is 3.99. The summed E-state index contributed by atoms with van der Waals surface area (Å²) in [7, 11) is -3.89. The Hall–Kier alpha value is -3.32. The molecule has 1 aliphatic rings. The van der Waals surface area contributed by atoms with Crippen molar-refractivity contribution in [3.05, 3.63) is 89.0 Å². The molecule has 1 amide bonds. The molecular formula is C27H30N2O4S. The fraction of sp³-hybridized carbons (Fsp3) is 0.296. The van der Waals surface area contributed by atoms with Crippen LogP contribution in [0.25, 0.3) is 0 Å². The van der Waals surface area contributed by atoms with Gasteiger partial charge < -0.3 is 10.1 Å². The van der Waals surface area contributed by atoms with Crippen LogP contribution >= 0.6 is 0 Å². The lowest BCUT2D eigenvalue weighted by molar-refractivity contribution is -0.128. The lowest BCUT2D eigenvalue weighted by Gasteiger charge is -2.35. The van der Waals surface area contributed by atoms with Gasteiger partial charge in [0, 0.05) is 0 Å². The predicted octanol–water partition coefficient (Wildman–Crippen LogP) is 4.70. The second kappa shape index (κ2) is 9.50. The number of nitrogens with zero attached hydrogens (tertiary/aromatic N) is 1. The molecule has 1 heterocycles. The Labute approximate surface area is 201 Å². The number of carbonyl (C=O) groups excluding carboxylic acids is 1. The Balaban J connectivity index is 1.62. The minimum absolute atomic E-state index is 0.112. The number of aryl methyl sites for hydroxylation is 3. The molecule has 0 saturated heterocycles. The number of rotatable bonds is 6. The van der Waals surface area contributed by atoms with Crippen molar-refractivity contribution in [2.24, 2.45) is 0 Å². The van der Waals surface area contributed by atoms with E-state index in [1.54, 1.807) is 36.4 Å². The molecule has 0 unspecified atom stereocenters. The fourth-order valence-corrected chi connectivity index (χ4v) is 5.47. The van der Waals surface area contributed by atoms with Gasteiger partial charge in [0.1, 0.15) is 5.75 Å². The maximum atomic E-state index is 13.6. The maximum Gasteiger partial charge on any atom is 0.264 e. The van der Waals surface area contributed by atoms with Crippen LogP contribution in [0.15, 0.2) is 71.6 Å². The molecule has 0 fully saturated rings. The van der Waals surface area contributed by atoms with Gasteiger partial charge in [0.05, 0.1) is 23.2 Å². The van der Waals surface area contributed by atoms with E-state index in [4.69, 9.17) is 4.74 Å². The van der Waals surface area contributed by atoms with Crippen LogP contribution < -0.4 is 14.4 Å². The molecule has 1 aliphatic heterocycles. The normalized spacial score (nSPS) is 16.4. The Morgan fingerprint density at radius 1 is 1.03 bits per heavy atom. The van der Waals surface area contributed by atoms with E-state index in [-0.39, 0.29) is 23.4 Å². The first kappa shape index (κ1) is 23.8. The molecule has 0 aliphatic carbocycles. The molecule has 4 rings (SSSR count). The average Bonchev–Trinajstić information content (AvgIpc) is 2.83. The second-order valence-electron chi connectivity index (χ2n) is 8.75. The topological polar surface area (TPSA) is 75.7 Å². The highest BCUT2D eigenvalue weighted by molar-refractivity contribution is 7.92. The zero-order valence-electron chi connectivity index (χ0n) is 19.9. The van der Waals surface area contributed by atoms with Crippen molar-refractivity contribution in [2.45, 2.75) is 51.2 Å². The monoisotopic (exact) mass is 478 g/mol. The van der Waals surface area contributed by atoms with Gasteiger partial charge in [0.2, 0.25) is 0 Å². The highest BCUT2D eigenvalue weighted by Crippen LogP contribution is 2.38. The van der Waals surface area contributed by atoms with Gasteiger partial charge in [-0.05, 0) is 68.1 Å². The van der Waals surface area contributed by atoms with E-state index in [0.717, 1.165) is 23.1 Å². The van der Waals surface area contributed by atoms with Crippen molar-refractivity contribution >= 4 is 21.6 Å². The van der Waals surface area contributed by atoms with E-state index < -0.39 is 16.1 Å². The molecule has 0 spiro atoms. The molecule has 0 radical (unpaired) electrons. The maximum absolute atomic E-state index is 13.6. The van der Waals surface area contributed by atoms with Crippen LogP contribution in [0.5, 0.6) is 5.75 Å². The van der Waals surface area contributed by atoms with Crippen LogP contribution in [0.1, 0.15) is 42.1 Å². The van der Waals surface area contributed by atoms with Crippen LogP contribution in [0.3, 0.4) is 0 Å². The van der Waals surface area contributed by atoms with Gasteiger partial charge in [-0.25, -0.2) is 8.42 Å². The summed E-state index contributed by atoms with van der Waals surface area (Å²) in [5.74, 6) is 0.0189. The van der Waals surface area contributed by atoms with Crippen molar-refractivity contribution in [3.63, 3.8) is 0 Å². The minimum atomic E-state index is -3.89. The second-order valence-corrected chi connectivity index (χ2v) is 10.6. The van der Waals surface area contributed by atoms with E-state index in [1.807, 2.05) is 51.1 Å². The van der Waals surface area contributed by atoms with Gasteiger partial charge in [0.15, 0.2) is 6.10 Å². The summed E-state index contributed by atoms with van der Waals surface area (Å²) in [5.41, 5.74) is 4.51. The van der Waals surface area contributed by atoms with Crippen LogP contribution in [-0.4, -0.2) is 27.0 Å². The first-order valence-electron chi connectivity index (χ1n) is 11.4. The third-order valence-corrected chi connectivity index (χ3v) is 7.93. The van der Waals surface area contributed by atoms with Gasteiger partial charge in [-0.1, -0.05) is 55.0 Å². The van der Waals surface area contributed by atoms with E-state index in [1.165, 1.54) is 9.87 Å². The predicted molar refractivity (Wildman–Crippen MR) is 134 cm³/mol. The Kier molecular flexibility index (Phi) is 6.66. The molecule has 6 nitrogen and oxygen atoms in total. The number of ether oxygens (including phenoxy) is 1. The van der Waals surface area contributed by atoms with Crippen LogP contribution in [0.4, 0.5) is 5.69 Å². The van der Waals surface area contributed by atoms with Gasteiger partial charge >= 0.3 is 0 Å². The molecule has 0 aromatic heterocycles. The lowest BCUT2D eigenvalue weighted by Crippen LogP contribution is -2.51. The summed E-state index contributed by atoms with van der Waals surface area (Å²) < 4.78 is 34.4. The standard InChI is InChI=1S/C27H30N2O4S/c1-5-21-9-11-22(12-10-21)20(4)28-27(30)26-17-29(24-15-8-19(3)16-25(24)33-26)34(31,32)23-13-6-18(2)7-14-23/h6-16,20,26H,5,17H2,1-4H3,(H,28,30)/t20-,26-/m0/s1. The zero-order valence-corrected chi connectivity index (χ0v) is 20.7. The molecule has 3 aromatic carbocycles. The third kappa shape index (κ3) is 4.80. The minimum Gasteiger partial charge on any atom is -0.476 e. The van der Waals surface area contributed by atoms with Crippen molar-refractivity contribution in [1.29, 1.82) is 0 Å². The number of nitrogens with one attached hydrogen (secondary N) is 1. The van der Waals surface area contributed by atoms with Crippen LogP contribution in [0, 0.1) is 13.8 Å². The van der Waals surface area contributed by atoms with E-state index in [0.29, 0.717) is 11.4 Å². The van der Waals surface area contributed by atoms with E-state index >= 15 is 0 Å². The quantitative estimate of drug-likeness (QED) is 0.557. The molecule has 0 bridgehead atoms. The molecule has 178 valence electrons. The summed E-state index contributed by atoms with van der Waals surface area (Å²) in [6, 6.07) is 19.9. The Morgan fingerprint density at radius 2 is 1.68 bits per heavy atom. The number of anilines is 1. The highest BCUT2D eigenvalue weighted by Gasteiger charge is 2.38. The average molecular weight is 479 g/mol. The molecule has 0 saturated carbocycles. The molecular weight excluding hydrogens is 448 g/mol. The van der Waals surface area contributed by atoms with Gasteiger partial charge in [-0.3, -0.25) is 9.10 Å². The van der Waals surface area contributed by atoms with Gasteiger partial charge in [-0.2, -0.15) is 0 Å². The molecule has 7 heteroatoms. The molecule has 2 atom stereocenters. The molecule has 3 aromatic rings. The number of fused-ring (bicyclic) bond motifs is 1. The number of benzene rings is 3. The van der Waals surface area contributed by atoms with Crippen LogP contribution in [-0.2, 0) is 21.2 Å². The number of hydrogen-bond acceptors (Lipinski definition) is 4. The first-order chi connectivity index (χ1) is 16.2. The smallest absolute Gasteiger partial charge is 0.264 e. The third-order valence-electron chi connectivity index (χ3n) is 6.13. The zero-order chi connectivity index (χ0) is 24.5. The summed E-state index contributed by atoms with van der Waals surface area (Å²) in [5, 5.41) is 2.98. The summed E-state index contributed by atoms with van der Waals surface area (Å²) in [6.07, 6.45) is -0.0342. The summed E-state index contributed by atoms with van der Waals surface area (Å²) in [6.45, 7) is 7.69. The number of hydrogen-bond donors (Lipinski definition) is 1. The lowest BCUT2D eigenvalue weighted by atomic mass is 10.0. The van der Waals surface area contributed by atoms with Crippen molar-refractivity contribution < 1.29 is 17.9 Å². The van der Waals surface area contributed by atoms with Crippen molar-refractivity contribution in [1.82, 2.24) is 5.32 Å². The van der Waals surface area contributed by atoms with Crippen molar-refractivity contribution in [3.8, 4) is 5.75 Å². The number of amides is 1. The summed E-state index contributed by atoms with van der Waals surface area (Å²) >= 11 is 0. The highest BCUT2D eigenvalue weighted by atomic mass is 32.2. The first-order valence-corrected chi connectivity index (χ1v) is 12.9. The van der Waals surface area contributed by atoms with Crippen molar-refractivity contribution in [2.75, 3.05) is 10.8 Å². The van der Waals surface area contributed by atoms with E-state index in [2.05, 4.69) is 12.2 Å². The molecule has 34 heavy (non-hydrogen) atoms.